The van der Waals surface area contributed by atoms with Crippen molar-refractivity contribution in [3.63, 3.8) is 0 Å². The third-order valence-corrected chi connectivity index (χ3v) is 5.70. The van der Waals surface area contributed by atoms with E-state index in [0.29, 0.717) is 11.5 Å². The first-order valence-corrected chi connectivity index (χ1v) is 8.86. The van der Waals surface area contributed by atoms with Crippen LogP contribution in [-0.2, 0) is 0 Å². The Balaban J connectivity index is 2.01. The summed E-state index contributed by atoms with van der Waals surface area (Å²) in [5.41, 5.74) is 4.21. The molecule has 1 fully saturated rings. The van der Waals surface area contributed by atoms with Gasteiger partial charge in [0, 0.05) is 11.5 Å². The number of hydrogen-bond acceptors (Lipinski definition) is 2. The standard InChI is InChI=1S/C21H28O2/c1-13(2)17-9-8-14(3)10-18(17)21-19(22)11-16(12-20(21)23)15-6-4-5-7-15/h10-12,15,17-18,22-23H,1,4-9H2,2-3H3/t17-,18+/m0/s1. The lowest BCUT2D eigenvalue weighted by molar-refractivity contribution is 0.405. The molecule has 0 spiro atoms. The van der Waals surface area contributed by atoms with Gasteiger partial charge in [-0.05, 0) is 69.1 Å². The summed E-state index contributed by atoms with van der Waals surface area (Å²) in [4.78, 5) is 0. The summed E-state index contributed by atoms with van der Waals surface area (Å²) in [7, 11) is 0. The van der Waals surface area contributed by atoms with Crippen molar-refractivity contribution in [3.05, 3.63) is 47.1 Å². The number of phenolic OH excluding ortho intramolecular Hbond substituents is 2. The molecule has 0 radical (unpaired) electrons. The number of benzene rings is 1. The molecule has 0 aromatic heterocycles. The zero-order chi connectivity index (χ0) is 16.6. The van der Waals surface area contributed by atoms with Crippen molar-refractivity contribution in [2.45, 2.75) is 64.2 Å². The van der Waals surface area contributed by atoms with E-state index < -0.39 is 0 Å². The first-order chi connectivity index (χ1) is 11.0. The van der Waals surface area contributed by atoms with Crippen LogP contribution in [0.3, 0.4) is 0 Å². The Kier molecular flexibility index (Phi) is 4.52. The molecule has 0 unspecified atom stereocenters. The Morgan fingerprint density at radius 1 is 1.09 bits per heavy atom. The smallest absolute Gasteiger partial charge is 0.123 e. The highest BCUT2D eigenvalue weighted by Gasteiger charge is 2.30. The third-order valence-electron chi connectivity index (χ3n) is 5.70. The van der Waals surface area contributed by atoms with E-state index in [1.807, 2.05) is 19.1 Å². The second kappa shape index (κ2) is 6.43. The maximum Gasteiger partial charge on any atom is 0.123 e. The molecule has 0 saturated heterocycles. The lowest BCUT2D eigenvalue weighted by atomic mass is 9.73. The van der Waals surface area contributed by atoms with Gasteiger partial charge in [0.15, 0.2) is 0 Å². The minimum atomic E-state index is 0.0267. The molecule has 2 N–H and O–H groups in total. The molecule has 2 heteroatoms. The van der Waals surface area contributed by atoms with Crippen LogP contribution in [0.4, 0.5) is 0 Å². The van der Waals surface area contributed by atoms with Crippen molar-refractivity contribution < 1.29 is 10.2 Å². The highest BCUT2D eigenvalue weighted by molar-refractivity contribution is 5.52. The summed E-state index contributed by atoms with van der Waals surface area (Å²) in [6, 6.07) is 3.77. The number of allylic oxidation sites excluding steroid dienone is 3. The first-order valence-electron chi connectivity index (χ1n) is 8.86. The minimum absolute atomic E-state index is 0.0267. The molecule has 0 amide bonds. The van der Waals surface area contributed by atoms with Crippen molar-refractivity contribution in [2.24, 2.45) is 5.92 Å². The van der Waals surface area contributed by atoms with E-state index in [0.717, 1.165) is 36.8 Å². The maximum absolute atomic E-state index is 10.7. The van der Waals surface area contributed by atoms with Crippen LogP contribution in [0.1, 0.15) is 75.3 Å². The number of rotatable bonds is 3. The van der Waals surface area contributed by atoms with Crippen molar-refractivity contribution >= 4 is 0 Å². The highest BCUT2D eigenvalue weighted by atomic mass is 16.3. The zero-order valence-electron chi connectivity index (χ0n) is 14.3. The van der Waals surface area contributed by atoms with Crippen LogP contribution in [0.15, 0.2) is 35.9 Å². The second-order valence-corrected chi connectivity index (χ2v) is 7.48. The van der Waals surface area contributed by atoms with Gasteiger partial charge >= 0.3 is 0 Å². The molecule has 2 aliphatic carbocycles. The van der Waals surface area contributed by atoms with Crippen LogP contribution in [-0.4, -0.2) is 10.2 Å². The summed E-state index contributed by atoms with van der Waals surface area (Å²) in [5, 5.41) is 21.3. The fourth-order valence-electron chi connectivity index (χ4n) is 4.39. The van der Waals surface area contributed by atoms with Gasteiger partial charge in [-0.3, -0.25) is 0 Å². The second-order valence-electron chi connectivity index (χ2n) is 7.48. The largest absolute Gasteiger partial charge is 0.507 e. The summed E-state index contributed by atoms with van der Waals surface area (Å²) in [5.74, 6) is 1.29. The molecule has 1 aromatic rings. The molecule has 0 bridgehead atoms. The predicted octanol–water partition coefficient (Wildman–Crippen LogP) is 5.77. The average Bonchev–Trinajstić information content (AvgIpc) is 3.00. The molecule has 3 rings (SSSR count). The van der Waals surface area contributed by atoms with Gasteiger partial charge in [-0.2, -0.15) is 0 Å². The first kappa shape index (κ1) is 16.2. The van der Waals surface area contributed by atoms with Gasteiger partial charge in [-0.25, -0.2) is 0 Å². The van der Waals surface area contributed by atoms with Gasteiger partial charge in [-0.15, -0.1) is 0 Å². The van der Waals surface area contributed by atoms with E-state index in [-0.39, 0.29) is 23.3 Å². The van der Waals surface area contributed by atoms with Crippen LogP contribution in [0.25, 0.3) is 0 Å². The third kappa shape index (κ3) is 3.17. The number of phenols is 2. The molecular formula is C21H28O2. The fourth-order valence-corrected chi connectivity index (χ4v) is 4.39. The Bertz CT molecular complexity index is 612. The van der Waals surface area contributed by atoms with E-state index in [1.54, 1.807) is 0 Å². The van der Waals surface area contributed by atoms with Crippen LogP contribution in [0, 0.1) is 5.92 Å². The van der Waals surface area contributed by atoms with E-state index in [2.05, 4.69) is 19.6 Å². The van der Waals surface area contributed by atoms with Crippen molar-refractivity contribution in [3.8, 4) is 11.5 Å². The summed E-state index contributed by atoms with van der Waals surface area (Å²) >= 11 is 0. The quantitative estimate of drug-likeness (QED) is 0.695. The SMILES string of the molecule is C=C(C)[C@@H]1CCC(C)=C[C@H]1c1c(O)cc(C2CCCC2)cc1O. The maximum atomic E-state index is 10.7. The van der Waals surface area contributed by atoms with Crippen LogP contribution < -0.4 is 0 Å². The predicted molar refractivity (Wildman–Crippen MR) is 95.0 cm³/mol. The molecule has 1 aromatic carbocycles. The van der Waals surface area contributed by atoms with E-state index in [4.69, 9.17) is 0 Å². The number of aromatic hydroxyl groups is 2. The van der Waals surface area contributed by atoms with Gasteiger partial charge < -0.3 is 10.2 Å². The fraction of sp³-hybridized carbons (Fsp3) is 0.524. The van der Waals surface area contributed by atoms with Crippen LogP contribution in [0.2, 0.25) is 0 Å². The summed E-state index contributed by atoms with van der Waals surface area (Å²) in [6.45, 7) is 8.30. The van der Waals surface area contributed by atoms with Gasteiger partial charge in [0.1, 0.15) is 11.5 Å². The average molecular weight is 312 g/mol. The molecule has 1 saturated carbocycles. The Labute approximate surface area is 139 Å². The monoisotopic (exact) mass is 312 g/mol. The van der Waals surface area contributed by atoms with Crippen molar-refractivity contribution in [1.82, 2.24) is 0 Å². The topological polar surface area (TPSA) is 40.5 Å². The molecule has 0 aliphatic heterocycles. The van der Waals surface area contributed by atoms with E-state index >= 15 is 0 Å². The molecule has 2 aliphatic rings. The Hall–Kier alpha value is -1.70. The Morgan fingerprint density at radius 3 is 2.26 bits per heavy atom. The lowest BCUT2D eigenvalue weighted by Gasteiger charge is -2.31. The van der Waals surface area contributed by atoms with E-state index in [9.17, 15) is 10.2 Å². The normalized spacial score (nSPS) is 25.4. The van der Waals surface area contributed by atoms with E-state index in [1.165, 1.54) is 18.4 Å². The van der Waals surface area contributed by atoms with Crippen molar-refractivity contribution in [2.75, 3.05) is 0 Å². The van der Waals surface area contributed by atoms with Gasteiger partial charge in [-0.1, -0.05) is 36.6 Å². The van der Waals surface area contributed by atoms with Gasteiger partial charge in [0.05, 0.1) is 0 Å². The number of hydrogen-bond donors (Lipinski definition) is 2. The molecular weight excluding hydrogens is 284 g/mol. The molecule has 2 atom stereocenters. The zero-order valence-corrected chi connectivity index (χ0v) is 14.3. The van der Waals surface area contributed by atoms with Gasteiger partial charge in [0.25, 0.3) is 0 Å². The minimum Gasteiger partial charge on any atom is -0.507 e. The van der Waals surface area contributed by atoms with Crippen LogP contribution >= 0.6 is 0 Å². The van der Waals surface area contributed by atoms with Crippen LogP contribution in [0.5, 0.6) is 11.5 Å². The van der Waals surface area contributed by atoms with Crippen molar-refractivity contribution in [1.29, 1.82) is 0 Å². The highest BCUT2D eigenvalue weighted by Crippen LogP contribution is 2.48. The summed E-state index contributed by atoms with van der Waals surface area (Å²) < 4.78 is 0. The molecule has 23 heavy (non-hydrogen) atoms. The lowest BCUT2D eigenvalue weighted by Crippen LogP contribution is -2.17. The molecule has 124 valence electrons. The molecule has 2 nitrogen and oxygen atoms in total. The van der Waals surface area contributed by atoms with Gasteiger partial charge in [0.2, 0.25) is 0 Å². The molecule has 0 heterocycles. The summed E-state index contributed by atoms with van der Waals surface area (Å²) in [6.07, 6.45) is 9.12. The Morgan fingerprint density at radius 2 is 1.70 bits per heavy atom.